The van der Waals surface area contributed by atoms with E-state index in [9.17, 15) is 9.18 Å². The number of carbonyl (C=O) groups is 1. The van der Waals surface area contributed by atoms with E-state index in [0.29, 0.717) is 0 Å². The zero-order valence-electron chi connectivity index (χ0n) is 9.11. The van der Waals surface area contributed by atoms with Gasteiger partial charge in [0.05, 0.1) is 0 Å². The number of pyridine rings is 1. The summed E-state index contributed by atoms with van der Waals surface area (Å²) < 4.78 is 12.8. The minimum absolute atomic E-state index is 0.134. The Labute approximate surface area is 93.5 Å². The van der Waals surface area contributed by atoms with Crippen LogP contribution in [-0.2, 0) is 0 Å². The van der Waals surface area contributed by atoms with Gasteiger partial charge in [0.15, 0.2) is 0 Å². The van der Waals surface area contributed by atoms with Crippen molar-refractivity contribution in [3.63, 3.8) is 0 Å². The van der Waals surface area contributed by atoms with E-state index >= 15 is 0 Å². The molecule has 1 saturated heterocycles. The number of nitrogens with zero attached hydrogens (tertiary/aromatic N) is 2. The third kappa shape index (κ3) is 2.55. The molecule has 2 heterocycles. The predicted octanol–water partition coefficient (Wildman–Crippen LogP) is 0.655. The summed E-state index contributed by atoms with van der Waals surface area (Å²) in [7, 11) is 2.01. The van der Waals surface area contributed by atoms with Crippen molar-refractivity contribution in [3.8, 4) is 0 Å². The molecule has 4 nitrogen and oxygen atoms in total. The van der Waals surface area contributed by atoms with Crippen LogP contribution in [0.3, 0.4) is 0 Å². The number of likely N-dealkylation sites (tertiary alicyclic amines) is 1. The van der Waals surface area contributed by atoms with Gasteiger partial charge in [0.1, 0.15) is 5.69 Å². The average Bonchev–Trinajstić information content (AvgIpc) is 2.64. The molecule has 1 amide bonds. The zero-order valence-corrected chi connectivity index (χ0v) is 9.11. The fourth-order valence-electron chi connectivity index (χ4n) is 1.85. The summed E-state index contributed by atoms with van der Waals surface area (Å²) in [4.78, 5) is 17.4. The van der Waals surface area contributed by atoms with Gasteiger partial charge in [-0.25, -0.2) is 4.98 Å². The van der Waals surface area contributed by atoms with Crippen LogP contribution in [0.25, 0.3) is 0 Å². The van der Waals surface area contributed by atoms with Gasteiger partial charge in [-0.1, -0.05) is 6.07 Å². The highest BCUT2D eigenvalue weighted by atomic mass is 19.1. The molecule has 5 heteroatoms. The first-order valence-corrected chi connectivity index (χ1v) is 5.27. The van der Waals surface area contributed by atoms with Gasteiger partial charge in [0.2, 0.25) is 5.95 Å². The summed E-state index contributed by atoms with van der Waals surface area (Å²) in [6.45, 7) is 1.81. The molecule has 1 unspecified atom stereocenters. The van der Waals surface area contributed by atoms with Crippen molar-refractivity contribution >= 4 is 5.91 Å². The first-order chi connectivity index (χ1) is 7.65. The van der Waals surface area contributed by atoms with Gasteiger partial charge in [-0.2, -0.15) is 4.39 Å². The molecule has 1 aromatic rings. The molecule has 1 N–H and O–H groups in total. The molecule has 1 aliphatic heterocycles. The summed E-state index contributed by atoms with van der Waals surface area (Å²) in [6.07, 6.45) is 0.928. The van der Waals surface area contributed by atoms with Crippen LogP contribution in [0.15, 0.2) is 18.2 Å². The highest BCUT2D eigenvalue weighted by molar-refractivity contribution is 5.92. The molecule has 0 radical (unpaired) electrons. The van der Waals surface area contributed by atoms with Gasteiger partial charge in [0, 0.05) is 12.6 Å². The molecule has 86 valence electrons. The van der Waals surface area contributed by atoms with Crippen LogP contribution in [0, 0.1) is 5.95 Å². The van der Waals surface area contributed by atoms with E-state index in [1.807, 2.05) is 7.05 Å². The quantitative estimate of drug-likeness (QED) is 0.749. The Bertz CT molecular complexity index is 397. The Morgan fingerprint density at radius 3 is 3.06 bits per heavy atom. The molecular weight excluding hydrogens is 209 g/mol. The molecule has 2 rings (SSSR count). The van der Waals surface area contributed by atoms with Gasteiger partial charge in [0.25, 0.3) is 5.91 Å². The number of hydrogen-bond donors (Lipinski definition) is 1. The van der Waals surface area contributed by atoms with Crippen molar-refractivity contribution < 1.29 is 9.18 Å². The number of halogens is 1. The lowest BCUT2D eigenvalue weighted by Gasteiger charge is -2.12. The molecule has 1 fully saturated rings. The summed E-state index contributed by atoms with van der Waals surface area (Å²) in [5, 5.41) is 2.84. The molecular formula is C11H14FN3O. The van der Waals surface area contributed by atoms with E-state index in [2.05, 4.69) is 15.2 Å². The van der Waals surface area contributed by atoms with E-state index in [1.165, 1.54) is 18.2 Å². The number of likely N-dealkylation sites (N-methyl/N-ethyl adjacent to an activating group) is 1. The first kappa shape index (κ1) is 11.0. The Morgan fingerprint density at radius 2 is 2.44 bits per heavy atom. The van der Waals surface area contributed by atoms with Crippen molar-refractivity contribution in [2.75, 3.05) is 20.1 Å². The number of nitrogens with one attached hydrogen (secondary N) is 1. The van der Waals surface area contributed by atoms with Crippen molar-refractivity contribution in [2.45, 2.75) is 12.5 Å². The van der Waals surface area contributed by atoms with Gasteiger partial charge in [-0.3, -0.25) is 4.79 Å². The molecule has 0 spiro atoms. The van der Waals surface area contributed by atoms with Gasteiger partial charge < -0.3 is 10.2 Å². The lowest BCUT2D eigenvalue weighted by atomic mass is 10.2. The van der Waals surface area contributed by atoms with Gasteiger partial charge >= 0.3 is 0 Å². The fraction of sp³-hybridized carbons (Fsp3) is 0.455. The second-order valence-corrected chi connectivity index (χ2v) is 4.07. The number of hydrogen-bond acceptors (Lipinski definition) is 3. The Balaban J connectivity index is 1.98. The number of carbonyl (C=O) groups excluding carboxylic acids is 1. The van der Waals surface area contributed by atoms with E-state index in [1.54, 1.807) is 0 Å². The molecule has 16 heavy (non-hydrogen) atoms. The van der Waals surface area contributed by atoms with E-state index in [-0.39, 0.29) is 17.6 Å². The smallest absolute Gasteiger partial charge is 0.270 e. The van der Waals surface area contributed by atoms with Crippen LogP contribution in [0.5, 0.6) is 0 Å². The number of aromatic nitrogens is 1. The molecule has 1 aromatic heterocycles. The maximum Gasteiger partial charge on any atom is 0.270 e. The molecule has 0 saturated carbocycles. The highest BCUT2D eigenvalue weighted by Gasteiger charge is 2.21. The Kier molecular flexibility index (Phi) is 3.14. The average molecular weight is 223 g/mol. The monoisotopic (exact) mass is 223 g/mol. The Hall–Kier alpha value is -1.49. The van der Waals surface area contributed by atoms with Gasteiger partial charge in [-0.05, 0) is 32.1 Å². The Morgan fingerprint density at radius 1 is 1.62 bits per heavy atom. The lowest BCUT2D eigenvalue weighted by Crippen LogP contribution is -2.36. The molecule has 0 aromatic carbocycles. The summed E-state index contributed by atoms with van der Waals surface area (Å²) in [5.74, 6) is -0.934. The second-order valence-electron chi connectivity index (χ2n) is 4.07. The topological polar surface area (TPSA) is 45.2 Å². The molecule has 0 bridgehead atoms. The van der Waals surface area contributed by atoms with Gasteiger partial charge in [-0.15, -0.1) is 0 Å². The summed E-state index contributed by atoms with van der Waals surface area (Å²) in [6, 6.07) is 4.36. The predicted molar refractivity (Wildman–Crippen MR) is 57.6 cm³/mol. The molecule has 0 aliphatic carbocycles. The minimum atomic E-state index is -0.629. The largest absolute Gasteiger partial charge is 0.347 e. The van der Waals surface area contributed by atoms with Crippen LogP contribution in [0.2, 0.25) is 0 Å². The fourth-order valence-corrected chi connectivity index (χ4v) is 1.85. The number of rotatable bonds is 2. The van der Waals surface area contributed by atoms with Crippen molar-refractivity contribution in [2.24, 2.45) is 0 Å². The first-order valence-electron chi connectivity index (χ1n) is 5.27. The summed E-state index contributed by atoms with van der Waals surface area (Å²) >= 11 is 0. The highest BCUT2D eigenvalue weighted by Crippen LogP contribution is 2.07. The third-order valence-corrected chi connectivity index (χ3v) is 2.67. The minimum Gasteiger partial charge on any atom is -0.347 e. The summed E-state index contributed by atoms with van der Waals surface area (Å²) in [5.41, 5.74) is 0.134. The lowest BCUT2D eigenvalue weighted by molar-refractivity contribution is 0.0932. The van der Waals surface area contributed by atoms with Crippen LogP contribution in [0.1, 0.15) is 16.9 Å². The zero-order chi connectivity index (χ0) is 11.5. The third-order valence-electron chi connectivity index (χ3n) is 2.67. The van der Waals surface area contributed by atoms with Crippen molar-refractivity contribution in [1.82, 2.24) is 15.2 Å². The standard InChI is InChI=1S/C11H14FN3O/c1-15-6-5-8(7-15)13-11(16)9-3-2-4-10(12)14-9/h2-4,8H,5-7H2,1H3,(H,13,16). The maximum atomic E-state index is 12.8. The van der Waals surface area contributed by atoms with E-state index in [0.717, 1.165) is 19.5 Å². The van der Waals surface area contributed by atoms with Crippen LogP contribution < -0.4 is 5.32 Å². The normalized spacial score (nSPS) is 21.0. The van der Waals surface area contributed by atoms with Crippen LogP contribution in [-0.4, -0.2) is 42.0 Å². The van der Waals surface area contributed by atoms with Crippen LogP contribution >= 0.6 is 0 Å². The van der Waals surface area contributed by atoms with Crippen molar-refractivity contribution in [3.05, 3.63) is 29.8 Å². The SMILES string of the molecule is CN1CCC(NC(=O)c2cccc(F)n2)C1. The van der Waals surface area contributed by atoms with E-state index in [4.69, 9.17) is 0 Å². The van der Waals surface area contributed by atoms with Crippen LogP contribution in [0.4, 0.5) is 4.39 Å². The van der Waals surface area contributed by atoms with Crippen molar-refractivity contribution in [1.29, 1.82) is 0 Å². The molecule has 1 atom stereocenters. The maximum absolute atomic E-state index is 12.8. The number of amides is 1. The van der Waals surface area contributed by atoms with E-state index < -0.39 is 5.95 Å². The second kappa shape index (κ2) is 4.57. The molecule has 1 aliphatic rings.